The van der Waals surface area contributed by atoms with Gasteiger partial charge in [-0.1, -0.05) is 268 Å². The van der Waals surface area contributed by atoms with Crippen molar-refractivity contribution in [1.29, 1.82) is 0 Å². The van der Waals surface area contributed by atoms with E-state index in [1.807, 2.05) is 69.2 Å². The van der Waals surface area contributed by atoms with Crippen LogP contribution in [0.5, 0.6) is 0 Å². The minimum Gasteiger partial charge on any atom is -0.207 e. The van der Waals surface area contributed by atoms with Crippen LogP contribution in [0.25, 0.3) is 0 Å². The van der Waals surface area contributed by atoms with Crippen molar-refractivity contribution in [3.05, 3.63) is 0 Å². The van der Waals surface area contributed by atoms with Crippen LogP contribution in [0.15, 0.2) is 0 Å². The molecule has 11 rings (SSSR count). The van der Waals surface area contributed by atoms with Gasteiger partial charge in [0.2, 0.25) is 5.92 Å². The van der Waals surface area contributed by atoms with Gasteiger partial charge in [0.1, 0.15) is 0 Å². The van der Waals surface area contributed by atoms with E-state index in [1.165, 1.54) is 83.5 Å². The summed E-state index contributed by atoms with van der Waals surface area (Å²) in [5.74, 6) is -0.630. The van der Waals surface area contributed by atoms with Crippen molar-refractivity contribution in [3.8, 4) is 0 Å². The number of alkyl halides is 14. The molecule has 11 saturated carbocycles. The Morgan fingerprint density at radius 2 is 0.529 bits per heavy atom. The van der Waals surface area contributed by atoms with Gasteiger partial charge >= 0.3 is 24.7 Å². The third kappa shape index (κ3) is 29.5. The fraction of sp³-hybridized carbons (Fsp3) is 1.00. The Hall–Kier alpha value is -0.980. The predicted molar refractivity (Wildman–Crippen MR) is 416 cm³/mol. The average molecular weight is 1510 g/mol. The molecule has 0 aromatic rings. The maximum atomic E-state index is 12.7. The van der Waals surface area contributed by atoms with Crippen molar-refractivity contribution < 1.29 is 61.5 Å². The van der Waals surface area contributed by atoms with E-state index in [0.717, 1.165) is 42.4 Å². The van der Waals surface area contributed by atoms with Crippen molar-refractivity contribution in [2.24, 2.45) is 109 Å². The maximum absolute atomic E-state index is 12.7. The van der Waals surface area contributed by atoms with Crippen LogP contribution in [-0.4, -0.2) is 30.6 Å². The van der Waals surface area contributed by atoms with Gasteiger partial charge in [-0.25, -0.2) is 8.78 Å². The van der Waals surface area contributed by atoms with Gasteiger partial charge in [0.25, 0.3) is 0 Å². The average Bonchev–Trinajstić information content (AvgIpc) is 0.865. The van der Waals surface area contributed by atoms with Gasteiger partial charge in [-0.3, -0.25) is 0 Å². The second kappa shape index (κ2) is 34.4. The lowest BCUT2D eigenvalue weighted by atomic mass is 9.46. The molecule has 0 unspecified atom stereocenters. The molecule has 0 aliphatic heterocycles. The van der Waals surface area contributed by atoms with Crippen LogP contribution < -0.4 is 0 Å². The second-order valence-electron chi connectivity index (χ2n) is 46.5. The van der Waals surface area contributed by atoms with E-state index in [0.29, 0.717) is 95.2 Å². The van der Waals surface area contributed by atoms with Crippen molar-refractivity contribution in [2.75, 3.05) is 0 Å². The van der Waals surface area contributed by atoms with Gasteiger partial charge in [-0.2, -0.15) is 52.7 Å². The quantitative estimate of drug-likeness (QED) is 0.246. The lowest BCUT2D eigenvalue weighted by Gasteiger charge is -2.60. The zero-order valence-corrected chi connectivity index (χ0v) is 73.9. The highest BCUT2D eigenvalue weighted by molar-refractivity contribution is 5.10. The Bertz CT molecular complexity index is 2430. The minimum atomic E-state index is -4.02. The predicted octanol–water partition coefficient (Wildman–Crippen LogP) is 34.6. The summed E-state index contributed by atoms with van der Waals surface area (Å²) in [4.78, 5) is 0. The molecule has 0 aromatic carbocycles. The topological polar surface area (TPSA) is 0 Å². The fourth-order valence-electron chi connectivity index (χ4n) is 18.5. The van der Waals surface area contributed by atoms with Crippen molar-refractivity contribution in [3.63, 3.8) is 0 Å². The first-order valence-electron chi connectivity index (χ1n) is 41.4. The number of halogens is 14. The van der Waals surface area contributed by atoms with Gasteiger partial charge in [0.05, 0.1) is 21.7 Å². The highest BCUT2D eigenvalue weighted by Gasteiger charge is 2.69. The Morgan fingerprint density at radius 3 is 0.615 bits per heavy atom. The van der Waals surface area contributed by atoms with Crippen LogP contribution in [0.3, 0.4) is 0 Å². The van der Waals surface area contributed by atoms with E-state index in [2.05, 4.69) is 125 Å². The third-order valence-corrected chi connectivity index (χ3v) is 26.7. The van der Waals surface area contributed by atoms with Crippen molar-refractivity contribution in [1.82, 2.24) is 0 Å². The molecule has 11 fully saturated rings. The summed E-state index contributed by atoms with van der Waals surface area (Å²) in [6.07, 6.45) is 13.0. The number of hydrogen-bond donors (Lipinski definition) is 0. The SMILES string of the molecule is CC.CC.CC(C)(C)C1(C(F)(F)F)CC1.CC(C)(C)C1(C(F)(F)F)CCC1.CC(C)(C)C1(C)CCC1.CC(C)(C)C1CC2(C1)CC(F)(F)C2.CC(C)(C)C1CC2(CCC2)C1.CC(C)(C)CC1(C(F)(F)F)CC1.CC(C)(C)CC1(C(F)(F)F)CCC1.CC(C)(C)CC1(C)CC1.CC(C)(C)CC1(C)CCC1. The summed E-state index contributed by atoms with van der Waals surface area (Å²) >= 11 is 0. The molecule has 0 saturated heterocycles. The summed E-state index contributed by atoms with van der Waals surface area (Å²) in [5.41, 5.74) is -1.64. The lowest BCUT2D eigenvalue weighted by Crippen LogP contribution is -2.55. The van der Waals surface area contributed by atoms with Gasteiger partial charge < -0.3 is 0 Å². The molecule has 0 nitrogen and oxygen atoms in total. The molecule has 0 amide bonds. The Kier molecular flexibility index (Phi) is 33.4. The van der Waals surface area contributed by atoms with E-state index in [1.54, 1.807) is 54.4 Å². The van der Waals surface area contributed by atoms with Crippen LogP contribution in [0, 0.1) is 109 Å². The lowest BCUT2D eigenvalue weighted by molar-refractivity contribution is -0.286. The molecule has 0 bridgehead atoms. The zero-order valence-electron chi connectivity index (χ0n) is 73.9. The van der Waals surface area contributed by atoms with E-state index >= 15 is 0 Å². The molecule has 0 aromatic heterocycles. The van der Waals surface area contributed by atoms with Crippen LogP contribution in [0.4, 0.5) is 61.5 Å². The first-order valence-corrected chi connectivity index (χ1v) is 41.4. The molecular weight excluding hydrogens is 1350 g/mol. The fourth-order valence-corrected chi connectivity index (χ4v) is 18.5. The summed E-state index contributed by atoms with van der Waals surface area (Å²) in [5, 5.41) is 0. The first-order chi connectivity index (χ1) is 45.8. The van der Waals surface area contributed by atoms with Crippen LogP contribution in [0.2, 0.25) is 0 Å². The van der Waals surface area contributed by atoms with Crippen LogP contribution in [0.1, 0.15) is 434 Å². The summed E-state index contributed by atoms with van der Waals surface area (Å²) in [6.45, 7) is 71.4. The molecule has 0 N–H and O–H groups in total. The van der Waals surface area contributed by atoms with E-state index in [4.69, 9.17) is 0 Å². The largest absolute Gasteiger partial charge is 0.395 e. The normalized spacial score (nSPS) is 24.3. The van der Waals surface area contributed by atoms with Crippen molar-refractivity contribution in [2.45, 2.75) is 465 Å². The van der Waals surface area contributed by atoms with Crippen molar-refractivity contribution >= 4 is 0 Å². The minimum absolute atomic E-state index is 0.0570. The van der Waals surface area contributed by atoms with Crippen LogP contribution >= 0.6 is 0 Å². The van der Waals surface area contributed by atoms with E-state index in [9.17, 15) is 61.5 Å². The molecule has 2 spiro atoms. The standard InChI is InChI=1S/C11H18F2.C11H20.C10H17F3.C10H20.2C9H15F3.2C9H18.C8H13F3.2C2H6/c1-9(2,3)8-4-10(5-8)6-11(12,13)7-10;1-10(2,3)9-7-11(8-9)5-4-6-11;1-8(2,3)7-9(5-4-6-9)10(11,12)13;1-9(2,3)8-10(4)6-5-7-10;1-7(2,3)6-8(4-5-8)9(10,11)12;1-7(2,3)8(5-4-6-8)9(10,11)12;1-8(2,3)7-9(4)5-6-9;1-8(2,3)9(4)6-5-7-9;1-6(2,3)7(4-5-7)8(9,10)11;2*1-2/h8H,4-7H2,1-3H3;9H,4-8H2,1-3H3;4-7H2,1-3H3;5-8H2,1-4H3;2*4-6H2,1-3H3;2*5-7H2,1-4H3;4-5H2,1-3H3;2*1-2H3. The highest BCUT2D eigenvalue weighted by Crippen LogP contribution is 2.70. The molecule has 0 heterocycles. The number of hydrogen-bond acceptors (Lipinski definition) is 0. The first kappa shape index (κ1) is 101. The van der Waals surface area contributed by atoms with E-state index in [-0.39, 0.29) is 41.9 Å². The molecular formula is C90H166F14. The molecule has 11 aliphatic rings. The highest BCUT2D eigenvalue weighted by atomic mass is 19.4. The smallest absolute Gasteiger partial charge is 0.207 e. The summed E-state index contributed by atoms with van der Waals surface area (Å²) in [7, 11) is 0. The molecule has 624 valence electrons. The molecule has 0 radical (unpaired) electrons. The van der Waals surface area contributed by atoms with Gasteiger partial charge in [0.15, 0.2) is 0 Å². The zero-order chi connectivity index (χ0) is 82.6. The van der Waals surface area contributed by atoms with Crippen LogP contribution in [-0.2, 0) is 0 Å². The van der Waals surface area contributed by atoms with E-state index < -0.39 is 63.1 Å². The molecule has 104 heavy (non-hydrogen) atoms. The van der Waals surface area contributed by atoms with Gasteiger partial charge in [-0.15, -0.1) is 0 Å². The summed E-state index contributed by atoms with van der Waals surface area (Å²) < 4.78 is 176. The van der Waals surface area contributed by atoms with Gasteiger partial charge in [-0.05, 0) is 242 Å². The maximum Gasteiger partial charge on any atom is 0.395 e. The monoisotopic (exact) mass is 1510 g/mol. The Labute approximate surface area is 633 Å². The summed E-state index contributed by atoms with van der Waals surface area (Å²) in [6, 6.07) is 0. The second-order valence-corrected chi connectivity index (χ2v) is 46.5. The third-order valence-electron chi connectivity index (χ3n) is 26.7. The Morgan fingerprint density at radius 1 is 0.269 bits per heavy atom. The Balaban J connectivity index is 0.000000583. The van der Waals surface area contributed by atoms with Gasteiger partial charge in [0, 0.05) is 12.8 Å². The molecule has 0 atom stereocenters. The molecule has 11 aliphatic carbocycles. The number of rotatable bonds is 4. The molecule has 14 heteroatoms.